The van der Waals surface area contributed by atoms with Crippen LogP contribution in [0.1, 0.15) is 5.56 Å². The van der Waals surface area contributed by atoms with Crippen molar-refractivity contribution in [2.75, 3.05) is 36.8 Å². The van der Waals surface area contributed by atoms with Gasteiger partial charge in [-0.3, -0.25) is 0 Å². The molecule has 3 nitrogen and oxygen atoms in total. The highest BCUT2D eigenvalue weighted by molar-refractivity contribution is 9.10. The predicted octanol–water partition coefficient (Wildman–Crippen LogP) is 1.75. The quantitative estimate of drug-likeness (QED) is 0.764. The maximum absolute atomic E-state index is 6.03. The van der Waals surface area contributed by atoms with E-state index in [4.69, 9.17) is 5.73 Å². The number of benzene rings is 1. The van der Waals surface area contributed by atoms with Crippen molar-refractivity contribution >= 4 is 27.3 Å². The van der Waals surface area contributed by atoms with E-state index in [0.717, 1.165) is 42.0 Å². The number of nitrogen functional groups attached to an aromatic ring is 1. The predicted molar refractivity (Wildman–Crippen MR) is 68.4 cm³/mol. The van der Waals surface area contributed by atoms with Crippen LogP contribution in [0, 0.1) is 6.92 Å². The molecule has 1 aromatic rings. The molecule has 0 radical (unpaired) electrons. The van der Waals surface area contributed by atoms with E-state index in [-0.39, 0.29) is 0 Å². The maximum atomic E-state index is 6.03. The lowest BCUT2D eigenvalue weighted by atomic mass is 10.1. The SMILES string of the molecule is Cc1cc(N2CCNCC2)c(N)cc1Br. The number of rotatable bonds is 1. The van der Waals surface area contributed by atoms with Crippen LogP contribution in [0.15, 0.2) is 16.6 Å². The molecule has 1 fully saturated rings. The van der Waals surface area contributed by atoms with Gasteiger partial charge in [-0.25, -0.2) is 0 Å². The van der Waals surface area contributed by atoms with Crippen LogP contribution in [-0.2, 0) is 0 Å². The second kappa shape index (κ2) is 4.41. The van der Waals surface area contributed by atoms with Gasteiger partial charge in [0.05, 0.1) is 11.4 Å². The fourth-order valence-corrected chi connectivity index (χ4v) is 2.22. The first-order valence-corrected chi connectivity index (χ1v) is 5.99. The first kappa shape index (κ1) is 10.8. The average Bonchev–Trinajstić information content (AvgIpc) is 2.25. The smallest absolute Gasteiger partial charge is 0.0604 e. The second-order valence-electron chi connectivity index (χ2n) is 3.90. The van der Waals surface area contributed by atoms with E-state index in [1.165, 1.54) is 5.56 Å². The number of aryl methyl sites for hydroxylation is 1. The third-order valence-electron chi connectivity index (χ3n) is 2.77. The van der Waals surface area contributed by atoms with E-state index in [2.05, 4.69) is 39.1 Å². The summed E-state index contributed by atoms with van der Waals surface area (Å²) < 4.78 is 1.08. The Labute approximate surface area is 98.8 Å². The molecular formula is C11H16BrN3. The summed E-state index contributed by atoms with van der Waals surface area (Å²) in [6.45, 7) is 6.23. The highest BCUT2D eigenvalue weighted by atomic mass is 79.9. The Morgan fingerprint density at radius 3 is 2.67 bits per heavy atom. The molecule has 82 valence electrons. The Kier molecular flexibility index (Phi) is 3.17. The molecule has 1 saturated heterocycles. The molecule has 1 aliphatic heterocycles. The van der Waals surface area contributed by atoms with E-state index < -0.39 is 0 Å². The molecule has 0 unspecified atom stereocenters. The molecule has 15 heavy (non-hydrogen) atoms. The van der Waals surface area contributed by atoms with Gasteiger partial charge in [0.25, 0.3) is 0 Å². The Morgan fingerprint density at radius 1 is 1.33 bits per heavy atom. The van der Waals surface area contributed by atoms with Crippen molar-refractivity contribution in [1.82, 2.24) is 5.32 Å². The molecule has 2 rings (SSSR count). The number of hydrogen-bond acceptors (Lipinski definition) is 3. The van der Waals surface area contributed by atoms with Gasteiger partial charge in [0.2, 0.25) is 0 Å². The molecule has 0 amide bonds. The molecule has 0 atom stereocenters. The molecule has 0 aliphatic carbocycles. The zero-order valence-corrected chi connectivity index (χ0v) is 10.5. The largest absolute Gasteiger partial charge is 0.397 e. The Morgan fingerprint density at radius 2 is 2.00 bits per heavy atom. The van der Waals surface area contributed by atoms with E-state index >= 15 is 0 Å². The fourth-order valence-electron chi connectivity index (χ4n) is 1.86. The van der Waals surface area contributed by atoms with Crippen LogP contribution in [0.4, 0.5) is 11.4 Å². The zero-order valence-electron chi connectivity index (χ0n) is 8.89. The van der Waals surface area contributed by atoms with E-state index in [9.17, 15) is 0 Å². The molecule has 1 aromatic carbocycles. The van der Waals surface area contributed by atoms with Gasteiger partial charge in [0.1, 0.15) is 0 Å². The van der Waals surface area contributed by atoms with Crippen LogP contribution in [0.25, 0.3) is 0 Å². The number of nitrogens with one attached hydrogen (secondary N) is 1. The topological polar surface area (TPSA) is 41.3 Å². The lowest BCUT2D eigenvalue weighted by Gasteiger charge is -2.30. The monoisotopic (exact) mass is 269 g/mol. The summed E-state index contributed by atoms with van der Waals surface area (Å²) >= 11 is 3.49. The highest BCUT2D eigenvalue weighted by Gasteiger charge is 2.13. The van der Waals surface area contributed by atoms with Crippen LogP contribution in [0.5, 0.6) is 0 Å². The molecule has 3 N–H and O–H groups in total. The second-order valence-corrected chi connectivity index (χ2v) is 4.75. The van der Waals surface area contributed by atoms with Gasteiger partial charge >= 0.3 is 0 Å². The summed E-state index contributed by atoms with van der Waals surface area (Å²) in [5.41, 5.74) is 9.28. The first-order valence-electron chi connectivity index (χ1n) is 5.20. The first-order chi connectivity index (χ1) is 7.18. The zero-order chi connectivity index (χ0) is 10.8. The Bertz CT molecular complexity index is 359. The fraction of sp³-hybridized carbons (Fsp3) is 0.455. The van der Waals surface area contributed by atoms with E-state index in [1.54, 1.807) is 0 Å². The van der Waals surface area contributed by atoms with Crippen molar-refractivity contribution < 1.29 is 0 Å². The number of anilines is 2. The van der Waals surface area contributed by atoms with Gasteiger partial charge in [-0.15, -0.1) is 0 Å². The molecular weight excluding hydrogens is 254 g/mol. The minimum Gasteiger partial charge on any atom is -0.397 e. The molecule has 0 spiro atoms. The summed E-state index contributed by atoms with van der Waals surface area (Å²) in [6, 6.07) is 4.15. The average molecular weight is 270 g/mol. The summed E-state index contributed by atoms with van der Waals surface area (Å²) in [5, 5.41) is 3.34. The highest BCUT2D eigenvalue weighted by Crippen LogP contribution is 2.30. The Hall–Kier alpha value is -0.740. The molecule has 0 saturated carbocycles. The normalized spacial score (nSPS) is 16.8. The lowest BCUT2D eigenvalue weighted by Crippen LogP contribution is -2.43. The van der Waals surface area contributed by atoms with Crippen LogP contribution in [0.3, 0.4) is 0 Å². The van der Waals surface area contributed by atoms with E-state index in [1.807, 2.05) is 6.07 Å². The van der Waals surface area contributed by atoms with Crippen molar-refractivity contribution in [3.05, 3.63) is 22.2 Å². The number of nitrogens with zero attached hydrogens (tertiary/aromatic N) is 1. The minimum absolute atomic E-state index is 0.856. The summed E-state index contributed by atoms with van der Waals surface area (Å²) in [5.74, 6) is 0. The van der Waals surface area contributed by atoms with Crippen molar-refractivity contribution in [2.45, 2.75) is 6.92 Å². The van der Waals surface area contributed by atoms with Gasteiger partial charge in [-0.2, -0.15) is 0 Å². The van der Waals surface area contributed by atoms with Gasteiger partial charge in [0, 0.05) is 30.7 Å². The van der Waals surface area contributed by atoms with Crippen molar-refractivity contribution in [3.63, 3.8) is 0 Å². The standard InChI is InChI=1S/C11H16BrN3/c1-8-6-11(10(13)7-9(8)12)15-4-2-14-3-5-15/h6-7,14H,2-5,13H2,1H3. The molecule has 0 bridgehead atoms. The third-order valence-corrected chi connectivity index (χ3v) is 3.62. The minimum atomic E-state index is 0.856. The van der Waals surface area contributed by atoms with Gasteiger partial charge in [-0.1, -0.05) is 15.9 Å². The third kappa shape index (κ3) is 2.26. The number of piperazine rings is 1. The van der Waals surface area contributed by atoms with Gasteiger partial charge in [-0.05, 0) is 24.6 Å². The van der Waals surface area contributed by atoms with Crippen LogP contribution >= 0.6 is 15.9 Å². The van der Waals surface area contributed by atoms with Crippen molar-refractivity contribution in [2.24, 2.45) is 0 Å². The van der Waals surface area contributed by atoms with Crippen molar-refractivity contribution in [1.29, 1.82) is 0 Å². The van der Waals surface area contributed by atoms with Crippen LogP contribution in [0.2, 0.25) is 0 Å². The summed E-state index contributed by atoms with van der Waals surface area (Å²) in [4.78, 5) is 2.34. The molecule has 1 heterocycles. The van der Waals surface area contributed by atoms with E-state index in [0.29, 0.717) is 0 Å². The lowest BCUT2D eigenvalue weighted by molar-refractivity contribution is 0.589. The summed E-state index contributed by atoms with van der Waals surface area (Å²) in [6.07, 6.45) is 0. The van der Waals surface area contributed by atoms with Crippen molar-refractivity contribution in [3.8, 4) is 0 Å². The van der Waals surface area contributed by atoms with Crippen LogP contribution in [-0.4, -0.2) is 26.2 Å². The van der Waals surface area contributed by atoms with Crippen LogP contribution < -0.4 is 16.0 Å². The van der Waals surface area contributed by atoms with Gasteiger partial charge < -0.3 is 16.0 Å². The Balaban J connectivity index is 2.30. The molecule has 1 aliphatic rings. The molecule has 4 heteroatoms. The maximum Gasteiger partial charge on any atom is 0.0604 e. The summed E-state index contributed by atoms with van der Waals surface area (Å²) in [7, 11) is 0. The number of nitrogens with two attached hydrogens (primary N) is 1. The molecule has 0 aromatic heterocycles. The number of halogens is 1. The number of hydrogen-bond donors (Lipinski definition) is 2. The van der Waals surface area contributed by atoms with Gasteiger partial charge in [0.15, 0.2) is 0 Å².